The molecule has 6 heteroatoms. The summed E-state index contributed by atoms with van der Waals surface area (Å²) in [7, 11) is 1.69. The average molecular weight is 419 g/mol. The number of methoxy groups -OCH3 is 1. The number of hydrogen-bond donors (Lipinski definition) is 3. The van der Waals surface area contributed by atoms with E-state index < -0.39 is 0 Å². The third-order valence-electron chi connectivity index (χ3n) is 5.89. The Labute approximate surface area is 183 Å². The molecule has 0 saturated carbocycles. The zero-order valence-electron chi connectivity index (χ0n) is 18.2. The van der Waals surface area contributed by atoms with E-state index in [1.165, 1.54) is 11.1 Å². The van der Waals surface area contributed by atoms with Crippen LogP contribution in [0.15, 0.2) is 54.6 Å². The highest BCUT2D eigenvalue weighted by Gasteiger charge is 2.25. The smallest absolute Gasteiger partial charge is 0.242 e. The topological polar surface area (TPSA) is 79.0 Å². The van der Waals surface area contributed by atoms with Gasteiger partial charge >= 0.3 is 0 Å². The van der Waals surface area contributed by atoms with Crippen LogP contribution in [0.5, 0.6) is 5.75 Å². The van der Waals surface area contributed by atoms with Crippen LogP contribution in [0.4, 0.5) is 5.82 Å². The summed E-state index contributed by atoms with van der Waals surface area (Å²) in [6.07, 6.45) is 4.65. The lowest BCUT2D eigenvalue weighted by Crippen LogP contribution is -2.47. The third kappa shape index (κ3) is 5.14. The minimum absolute atomic E-state index is 0.0376. The highest BCUT2D eigenvalue weighted by atomic mass is 16.5. The van der Waals surface area contributed by atoms with Crippen LogP contribution in [0.2, 0.25) is 0 Å². The number of carbonyl (C=O) groups is 1. The van der Waals surface area contributed by atoms with Gasteiger partial charge in [0, 0.05) is 12.1 Å². The fraction of sp³-hybridized carbons (Fsp3) is 0.360. The molecular formula is C25H30N4O2. The third-order valence-corrected chi connectivity index (χ3v) is 5.89. The van der Waals surface area contributed by atoms with Crippen molar-refractivity contribution in [2.75, 3.05) is 12.4 Å². The van der Waals surface area contributed by atoms with Crippen LogP contribution in [0.3, 0.4) is 0 Å². The number of H-pyrrole nitrogens is 1. The molecule has 0 fully saturated rings. The van der Waals surface area contributed by atoms with E-state index in [1.54, 1.807) is 7.11 Å². The van der Waals surface area contributed by atoms with Crippen molar-refractivity contribution in [1.82, 2.24) is 15.5 Å². The summed E-state index contributed by atoms with van der Waals surface area (Å²) in [5.41, 5.74) is 4.60. The second-order valence-electron chi connectivity index (χ2n) is 8.10. The Hall–Kier alpha value is -3.12. The van der Waals surface area contributed by atoms with Crippen LogP contribution < -0.4 is 15.4 Å². The Morgan fingerprint density at radius 3 is 2.81 bits per heavy atom. The predicted octanol–water partition coefficient (Wildman–Crippen LogP) is 4.34. The second-order valence-corrected chi connectivity index (χ2v) is 8.10. The molecule has 4 rings (SSSR count). The molecule has 0 bridgehead atoms. The Morgan fingerprint density at radius 2 is 2.03 bits per heavy atom. The van der Waals surface area contributed by atoms with Gasteiger partial charge in [-0.1, -0.05) is 49.7 Å². The van der Waals surface area contributed by atoms with Crippen molar-refractivity contribution in [2.45, 2.75) is 51.1 Å². The molecule has 1 amide bonds. The number of hydrogen-bond acceptors (Lipinski definition) is 4. The molecule has 0 saturated heterocycles. The first-order valence-corrected chi connectivity index (χ1v) is 11.0. The Balaban J connectivity index is 1.40. The van der Waals surface area contributed by atoms with Gasteiger partial charge in [0.25, 0.3) is 0 Å². The number of nitrogens with one attached hydrogen (secondary N) is 3. The van der Waals surface area contributed by atoms with Gasteiger partial charge in [0.15, 0.2) is 5.82 Å². The number of fused-ring (bicyclic) bond motifs is 1. The number of anilines is 1. The van der Waals surface area contributed by atoms with E-state index in [-0.39, 0.29) is 18.0 Å². The molecule has 1 aliphatic rings. The summed E-state index contributed by atoms with van der Waals surface area (Å²) in [6.45, 7) is 2.10. The average Bonchev–Trinajstić information content (AvgIpc) is 3.27. The van der Waals surface area contributed by atoms with Gasteiger partial charge in [-0.3, -0.25) is 9.89 Å². The van der Waals surface area contributed by atoms with Crippen LogP contribution in [0.25, 0.3) is 11.3 Å². The zero-order chi connectivity index (χ0) is 21.6. The van der Waals surface area contributed by atoms with E-state index in [2.05, 4.69) is 39.9 Å². The van der Waals surface area contributed by atoms with Gasteiger partial charge in [0.1, 0.15) is 5.75 Å². The minimum atomic E-state index is -0.251. The highest BCUT2D eigenvalue weighted by molar-refractivity contribution is 5.94. The summed E-state index contributed by atoms with van der Waals surface area (Å²) in [5, 5.41) is 13.9. The lowest BCUT2D eigenvalue weighted by molar-refractivity contribution is -0.118. The molecule has 3 N–H and O–H groups in total. The standard InChI is InChI=1S/C25H30N4O2/c1-3-7-22(26-20-12-10-17-11-13-21(31-2)15-19(17)14-20)25(30)27-24-16-23(28-29-24)18-8-5-4-6-9-18/h4-6,8-9,11,13,15-16,20,22,26H,3,7,10,12,14H2,1-2H3,(H2,27,28,29,30)/t20?,22-/m0/s1. The van der Waals surface area contributed by atoms with E-state index in [1.807, 2.05) is 42.5 Å². The first-order valence-electron chi connectivity index (χ1n) is 11.0. The molecule has 6 nitrogen and oxygen atoms in total. The number of nitrogens with zero attached hydrogens (tertiary/aromatic N) is 1. The van der Waals surface area contributed by atoms with Gasteiger partial charge in [-0.05, 0) is 54.5 Å². The molecule has 1 aliphatic carbocycles. The monoisotopic (exact) mass is 418 g/mol. The van der Waals surface area contributed by atoms with Gasteiger partial charge < -0.3 is 15.4 Å². The number of carbonyl (C=O) groups excluding carboxylic acids is 1. The van der Waals surface area contributed by atoms with Crippen molar-refractivity contribution in [3.63, 3.8) is 0 Å². The fourth-order valence-electron chi connectivity index (χ4n) is 4.23. The second kappa shape index (κ2) is 9.79. The van der Waals surface area contributed by atoms with Crippen LogP contribution >= 0.6 is 0 Å². The quantitative estimate of drug-likeness (QED) is 0.508. The van der Waals surface area contributed by atoms with Crippen molar-refractivity contribution in [2.24, 2.45) is 0 Å². The number of benzene rings is 2. The van der Waals surface area contributed by atoms with Crippen LogP contribution in [0, 0.1) is 0 Å². The van der Waals surface area contributed by atoms with E-state index in [0.717, 1.165) is 49.1 Å². The van der Waals surface area contributed by atoms with Crippen molar-refractivity contribution < 1.29 is 9.53 Å². The Morgan fingerprint density at radius 1 is 1.19 bits per heavy atom. The first kappa shape index (κ1) is 21.1. The zero-order valence-corrected chi connectivity index (χ0v) is 18.2. The van der Waals surface area contributed by atoms with Crippen LogP contribution in [0.1, 0.15) is 37.3 Å². The number of aromatic amines is 1. The maximum absolute atomic E-state index is 13.0. The van der Waals surface area contributed by atoms with Crippen LogP contribution in [-0.2, 0) is 17.6 Å². The molecule has 0 spiro atoms. The maximum atomic E-state index is 13.0. The summed E-state index contributed by atoms with van der Waals surface area (Å²) in [4.78, 5) is 13.0. The summed E-state index contributed by atoms with van der Waals surface area (Å²) in [6, 6.07) is 18.1. The van der Waals surface area contributed by atoms with Crippen molar-refractivity contribution in [3.05, 3.63) is 65.7 Å². The molecule has 31 heavy (non-hydrogen) atoms. The molecule has 162 valence electrons. The molecule has 3 aromatic rings. The highest BCUT2D eigenvalue weighted by Crippen LogP contribution is 2.26. The normalized spacial score (nSPS) is 16.4. The minimum Gasteiger partial charge on any atom is -0.497 e. The van der Waals surface area contributed by atoms with Gasteiger partial charge in [-0.25, -0.2) is 0 Å². The van der Waals surface area contributed by atoms with Gasteiger partial charge in [-0.2, -0.15) is 5.10 Å². The number of rotatable bonds is 8. The molecule has 0 radical (unpaired) electrons. The lowest BCUT2D eigenvalue weighted by Gasteiger charge is -2.29. The van der Waals surface area contributed by atoms with Crippen molar-refractivity contribution in [1.29, 1.82) is 0 Å². The molecule has 1 heterocycles. The summed E-state index contributed by atoms with van der Waals surface area (Å²) >= 11 is 0. The molecule has 0 aliphatic heterocycles. The van der Waals surface area contributed by atoms with Crippen molar-refractivity contribution >= 4 is 11.7 Å². The SMILES string of the molecule is CCC[C@H](NC1CCc2ccc(OC)cc2C1)C(=O)Nc1cc(-c2ccccc2)[nH]n1. The number of aryl methyl sites for hydroxylation is 1. The number of ether oxygens (including phenoxy) is 1. The summed E-state index contributed by atoms with van der Waals surface area (Å²) in [5.74, 6) is 1.39. The van der Waals surface area contributed by atoms with E-state index >= 15 is 0 Å². The molecule has 2 atom stereocenters. The molecule has 1 unspecified atom stereocenters. The lowest BCUT2D eigenvalue weighted by atomic mass is 9.87. The first-order chi connectivity index (χ1) is 15.2. The van der Waals surface area contributed by atoms with Crippen LogP contribution in [-0.4, -0.2) is 35.3 Å². The Bertz CT molecular complexity index is 1020. The van der Waals surface area contributed by atoms with Gasteiger partial charge in [0.05, 0.1) is 18.8 Å². The summed E-state index contributed by atoms with van der Waals surface area (Å²) < 4.78 is 5.38. The van der Waals surface area contributed by atoms with E-state index in [0.29, 0.717) is 5.82 Å². The van der Waals surface area contributed by atoms with E-state index in [9.17, 15) is 4.79 Å². The predicted molar refractivity (Wildman–Crippen MR) is 123 cm³/mol. The number of aromatic nitrogens is 2. The van der Waals surface area contributed by atoms with E-state index in [4.69, 9.17) is 4.74 Å². The maximum Gasteiger partial charge on any atom is 0.242 e. The van der Waals surface area contributed by atoms with Gasteiger partial charge in [0.2, 0.25) is 5.91 Å². The van der Waals surface area contributed by atoms with Gasteiger partial charge in [-0.15, -0.1) is 0 Å². The molecule has 2 aromatic carbocycles. The molecule has 1 aromatic heterocycles. The van der Waals surface area contributed by atoms with Crippen molar-refractivity contribution in [3.8, 4) is 17.0 Å². The number of amides is 1. The molecular weight excluding hydrogens is 388 g/mol. The largest absolute Gasteiger partial charge is 0.497 e. The fourth-order valence-corrected chi connectivity index (χ4v) is 4.23. The Kier molecular flexibility index (Phi) is 6.67.